The summed E-state index contributed by atoms with van der Waals surface area (Å²) in [5.41, 5.74) is 6.54. The van der Waals surface area contributed by atoms with E-state index in [1.807, 2.05) is 18.2 Å². The second kappa shape index (κ2) is 4.45. The molecule has 0 saturated carbocycles. The number of primary amides is 1. The number of nitrogens with one attached hydrogen (secondary N) is 1. The third-order valence-electron chi connectivity index (χ3n) is 2.82. The number of amides is 1. The first-order valence-electron chi connectivity index (χ1n) is 5.74. The van der Waals surface area contributed by atoms with Crippen LogP contribution in [0.5, 0.6) is 11.5 Å². The average molecular weight is 253 g/mol. The summed E-state index contributed by atoms with van der Waals surface area (Å²) in [5.74, 6) is 0.540. The Labute approximate surface area is 109 Å². The van der Waals surface area contributed by atoms with Crippen molar-refractivity contribution in [3.63, 3.8) is 0 Å². The summed E-state index contributed by atoms with van der Waals surface area (Å²) in [6.07, 6.45) is 1.68. The van der Waals surface area contributed by atoms with Gasteiger partial charge in [0.05, 0.1) is 22.7 Å². The minimum atomic E-state index is -0.519. The van der Waals surface area contributed by atoms with Crippen LogP contribution in [-0.2, 0) is 0 Å². The van der Waals surface area contributed by atoms with Crippen LogP contribution in [0.2, 0.25) is 0 Å². The Hall–Kier alpha value is -2.82. The summed E-state index contributed by atoms with van der Waals surface area (Å²) in [6.45, 7) is 0. The maximum atomic E-state index is 11.3. The Morgan fingerprint density at radius 1 is 1.11 bits per heavy atom. The molecule has 1 amide bonds. The first-order valence-corrected chi connectivity index (χ1v) is 5.74. The summed E-state index contributed by atoms with van der Waals surface area (Å²) in [4.78, 5) is 11.3. The largest absolute Gasteiger partial charge is 0.456 e. The number of aromatic amines is 1. The molecular weight excluding hydrogens is 242 g/mol. The number of hydrogen-bond donors (Lipinski definition) is 2. The number of benzene rings is 2. The Morgan fingerprint density at radius 3 is 2.74 bits per heavy atom. The topological polar surface area (TPSA) is 81.0 Å². The van der Waals surface area contributed by atoms with Crippen molar-refractivity contribution in [2.24, 2.45) is 5.73 Å². The molecule has 1 aromatic heterocycles. The van der Waals surface area contributed by atoms with Gasteiger partial charge >= 0.3 is 0 Å². The molecule has 5 nitrogen and oxygen atoms in total. The summed E-state index contributed by atoms with van der Waals surface area (Å²) < 4.78 is 5.78. The summed E-state index contributed by atoms with van der Waals surface area (Å²) in [5, 5.41) is 7.67. The molecule has 0 saturated heterocycles. The van der Waals surface area contributed by atoms with Crippen LogP contribution in [0, 0.1) is 0 Å². The molecule has 0 aliphatic rings. The Bertz CT molecular complexity index is 749. The van der Waals surface area contributed by atoms with E-state index in [-0.39, 0.29) is 0 Å². The summed E-state index contributed by atoms with van der Waals surface area (Å²) in [6, 6.07) is 12.4. The number of aromatic nitrogens is 2. The number of rotatable bonds is 3. The van der Waals surface area contributed by atoms with Gasteiger partial charge in [0, 0.05) is 0 Å². The molecule has 0 atom stereocenters. The number of carbonyl (C=O) groups excluding carboxylic acids is 1. The molecule has 3 aromatic rings. The van der Waals surface area contributed by atoms with E-state index >= 15 is 0 Å². The molecule has 0 aliphatic heterocycles. The van der Waals surface area contributed by atoms with Crippen LogP contribution in [0.1, 0.15) is 10.4 Å². The fourth-order valence-corrected chi connectivity index (χ4v) is 1.91. The highest BCUT2D eigenvalue weighted by Crippen LogP contribution is 2.30. The van der Waals surface area contributed by atoms with E-state index in [1.54, 1.807) is 30.5 Å². The highest BCUT2D eigenvalue weighted by Gasteiger charge is 2.11. The van der Waals surface area contributed by atoms with E-state index in [2.05, 4.69) is 10.2 Å². The molecule has 0 spiro atoms. The van der Waals surface area contributed by atoms with Crippen molar-refractivity contribution in [3.05, 3.63) is 54.2 Å². The van der Waals surface area contributed by atoms with Crippen LogP contribution in [0.25, 0.3) is 10.9 Å². The molecule has 1 heterocycles. The quantitative estimate of drug-likeness (QED) is 0.752. The molecular formula is C14H11N3O2. The average Bonchev–Trinajstić information content (AvgIpc) is 2.88. The van der Waals surface area contributed by atoms with E-state index in [4.69, 9.17) is 10.5 Å². The van der Waals surface area contributed by atoms with Gasteiger partial charge in [0.2, 0.25) is 0 Å². The third kappa shape index (κ3) is 2.01. The lowest BCUT2D eigenvalue weighted by Crippen LogP contribution is -2.11. The van der Waals surface area contributed by atoms with Gasteiger partial charge in [-0.3, -0.25) is 9.89 Å². The molecule has 0 unspecified atom stereocenters. The summed E-state index contributed by atoms with van der Waals surface area (Å²) in [7, 11) is 0. The molecule has 0 bridgehead atoms. The van der Waals surface area contributed by atoms with Gasteiger partial charge in [0.15, 0.2) is 0 Å². The fourth-order valence-electron chi connectivity index (χ4n) is 1.91. The van der Waals surface area contributed by atoms with Gasteiger partial charge in [-0.1, -0.05) is 18.2 Å². The minimum Gasteiger partial charge on any atom is -0.456 e. The Balaban J connectivity index is 2.06. The van der Waals surface area contributed by atoms with Gasteiger partial charge in [0.25, 0.3) is 5.91 Å². The predicted molar refractivity (Wildman–Crippen MR) is 71.1 cm³/mol. The molecule has 3 N–H and O–H groups in total. The third-order valence-corrected chi connectivity index (χ3v) is 2.82. The number of nitrogens with two attached hydrogens (primary N) is 1. The van der Waals surface area contributed by atoms with E-state index in [0.29, 0.717) is 17.1 Å². The molecule has 19 heavy (non-hydrogen) atoms. The highest BCUT2D eigenvalue weighted by atomic mass is 16.5. The maximum Gasteiger partial charge on any atom is 0.252 e. The number of carbonyl (C=O) groups is 1. The zero-order valence-corrected chi connectivity index (χ0v) is 9.96. The van der Waals surface area contributed by atoms with Crippen LogP contribution >= 0.6 is 0 Å². The maximum absolute atomic E-state index is 11.3. The van der Waals surface area contributed by atoms with E-state index < -0.39 is 5.91 Å². The zero-order chi connectivity index (χ0) is 13.2. The number of fused-ring (bicyclic) bond motifs is 1. The lowest BCUT2D eigenvalue weighted by Gasteiger charge is -2.09. The number of H-pyrrole nitrogens is 1. The van der Waals surface area contributed by atoms with Gasteiger partial charge in [-0.15, -0.1) is 0 Å². The lowest BCUT2D eigenvalue weighted by atomic mass is 10.2. The molecule has 5 heteroatoms. The summed E-state index contributed by atoms with van der Waals surface area (Å²) >= 11 is 0. The van der Waals surface area contributed by atoms with Crippen LogP contribution in [-0.4, -0.2) is 16.1 Å². The molecule has 0 radical (unpaired) electrons. The van der Waals surface area contributed by atoms with Gasteiger partial charge in [-0.25, -0.2) is 0 Å². The van der Waals surface area contributed by atoms with Crippen molar-refractivity contribution < 1.29 is 9.53 Å². The van der Waals surface area contributed by atoms with Crippen molar-refractivity contribution in [2.45, 2.75) is 0 Å². The van der Waals surface area contributed by atoms with E-state index in [1.165, 1.54) is 0 Å². The standard InChI is InChI=1S/C14H11N3O2/c15-14(18)9-4-1-2-6-12(9)19-13-7-3-5-11-10(13)8-16-17-11/h1-8H,(H2,15,18)(H,16,17). The van der Waals surface area contributed by atoms with Crippen molar-refractivity contribution in [1.82, 2.24) is 10.2 Å². The number of para-hydroxylation sites is 1. The Morgan fingerprint density at radius 2 is 1.89 bits per heavy atom. The molecule has 3 rings (SSSR count). The highest BCUT2D eigenvalue weighted by molar-refractivity contribution is 5.96. The zero-order valence-electron chi connectivity index (χ0n) is 9.96. The molecule has 0 aliphatic carbocycles. The van der Waals surface area contributed by atoms with Gasteiger partial charge in [-0.05, 0) is 24.3 Å². The number of ether oxygens (including phenoxy) is 1. The van der Waals surface area contributed by atoms with Crippen molar-refractivity contribution in [2.75, 3.05) is 0 Å². The lowest BCUT2D eigenvalue weighted by molar-refractivity contribution is 0.0998. The van der Waals surface area contributed by atoms with E-state index in [9.17, 15) is 4.79 Å². The van der Waals surface area contributed by atoms with Crippen LogP contribution in [0.15, 0.2) is 48.7 Å². The molecule has 2 aromatic carbocycles. The smallest absolute Gasteiger partial charge is 0.252 e. The van der Waals surface area contributed by atoms with Crippen LogP contribution in [0.3, 0.4) is 0 Å². The normalized spacial score (nSPS) is 10.5. The van der Waals surface area contributed by atoms with Crippen molar-refractivity contribution in [3.8, 4) is 11.5 Å². The van der Waals surface area contributed by atoms with Crippen molar-refractivity contribution in [1.29, 1.82) is 0 Å². The van der Waals surface area contributed by atoms with E-state index in [0.717, 1.165) is 10.9 Å². The monoisotopic (exact) mass is 253 g/mol. The van der Waals surface area contributed by atoms with Crippen LogP contribution in [0.4, 0.5) is 0 Å². The minimum absolute atomic E-state index is 0.350. The fraction of sp³-hybridized carbons (Fsp3) is 0. The first kappa shape index (κ1) is 11.3. The Kier molecular flexibility index (Phi) is 2.64. The second-order valence-electron chi connectivity index (χ2n) is 4.05. The number of nitrogens with zero attached hydrogens (tertiary/aromatic N) is 1. The first-order chi connectivity index (χ1) is 9.25. The van der Waals surface area contributed by atoms with Crippen molar-refractivity contribution >= 4 is 16.8 Å². The molecule has 94 valence electrons. The SMILES string of the molecule is NC(=O)c1ccccc1Oc1cccc2[nH]ncc12. The van der Waals surface area contributed by atoms with Gasteiger partial charge < -0.3 is 10.5 Å². The van der Waals surface area contributed by atoms with Gasteiger partial charge in [0.1, 0.15) is 11.5 Å². The van der Waals surface area contributed by atoms with Crippen LogP contribution < -0.4 is 10.5 Å². The molecule has 0 fully saturated rings. The second-order valence-corrected chi connectivity index (χ2v) is 4.05. The predicted octanol–water partition coefficient (Wildman–Crippen LogP) is 2.45. The number of hydrogen-bond acceptors (Lipinski definition) is 3. The van der Waals surface area contributed by atoms with Gasteiger partial charge in [-0.2, -0.15) is 5.10 Å².